The molecule has 0 spiro atoms. The van der Waals surface area contributed by atoms with Gasteiger partial charge in [0.2, 0.25) is 5.76 Å². The van der Waals surface area contributed by atoms with Gasteiger partial charge in [-0.3, -0.25) is 14.6 Å². The summed E-state index contributed by atoms with van der Waals surface area (Å²) in [4.78, 5) is 35.0. The van der Waals surface area contributed by atoms with Crippen LogP contribution in [0.2, 0.25) is 0 Å². The number of rotatable bonds is 6. The van der Waals surface area contributed by atoms with Crippen molar-refractivity contribution in [2.75, 3.05) is 38.8 Å². The van der Waals surface area contributed by atoms with Crippen molar-refractivity contribution in [2.24, 2.45) is 0 Å². The molecule has 0 saturated carbocycles. The summed E-state index contributed by atoms with van der Waals surface area (Å²) < 4.78 is 16.0. The molecule has 1 aliphatic rings. The molecular formula is C33H36N4O5. The number of hydrogen-bond acceptors (Lipinski definition) is 7. The molecular weight excluding hydrogens is 532 g/mol. The molecule has 42 heavy (non-hydrogen) atoms. The van der Waals surface area contributed by atoms with Crippen molar-refractivity contribution in [2.45, 2.75) is 38.6 Å². The van der Waals surface area contributed by atoms with Crippen LogP contribution in [0.15, 0.2) is 77.6 Å². The zero-order valence-corrected chi connectivity index (χ0v) is 24.1. The highest BCUT2D eigenvalue weighted by Crippen LogP contribution is 2.31. The number of hydrogen-bond donors (Lipinski definition) is 0. The second-order valence-corrected chi connectivity index (χ2v) is 10.4. The van der Waals surface area contributed by atoms with Gasteiger partial charge in [0, 0.05) is 56.5 Å². The lowest BCUT2D eigenvalue weighted by molar-refractivity contribution is -0.122. The summed E-state index contributed by atoms with van der Waals surface area (Å²) in [7, 11) is 3.14. The molecule has 0 fully saturated rings. The maximum absolute atomic E-state index is 13.9. The van der Waals surface area contributed by atoms with Crippen LogP contribution in [-0.2, 0) is 16.1 Å². The molecule has 3 heterocycles. The Hall–Kier alpha value is -4.50. The molecule has 0 unspecified atom stereocenters. The molecule has 0 atom stereocenters. The van der Waals surface area contributed by atoms with Gasteiger partial charge in [0.05, 0.1) is 7.11 Å². The van der Waals surface area contributed by atoms with Crippen molar-refractivity contribution in [3.8, 4) is 28.1 Å². The molecule has 2 amide bonds. The Labute approximate surface area is 246 Å². The van der Waals surface area contributed by atoms with Gasteiger partial charge >= 0.3 is 0 Å². The number of carbonyl (C=O) groups excluding carboxylic acids is 2. The summed E-state index contributed by atoms with van der Waals surface area (Å²) in [5, 5.41) is 4.18. The maximum Gasteiger partial charge on any atom is 0.292 e. The third-order valence-corrected chi connectivity index (χ3v) is 7.50. The number of nitrogens with zero attached hydrogens (tertiary/aromatic N) is 4. The third-order valence-electron chi connectivity index (χ3n) is 7.50. The maximum atomic E-state index is 13.9. The van der Waals surface area contributed by atoms with Gasteiger partial charge in [0.15, 0.2) is 0 Å². The first kappa shape index (κ1) is 29.0. The van der Waals surface area contributed by atoms with Gasteiger partial charge in [0.1, 0.15) is 18.1 Å². The fourth-order valence-corrected chi connectivity index (χ4v) is 5.26. The first-order valence-corrected chi connectivity index (χ1v) is 14.3. The van der Waals surface area contributed by atoms with E-state index in [1.807, 2.05) is 54.7 Å². The largest absolute Gasteiger partial charge is 0.497 e. The molecule has 2 aromatic carbocycles. The number of amides is 2. The van der Waals surface area contributed by atoms with E-state index in [0.717, 1.165) is 65.8 Å². The molecule has 4 aromatic rings. The van der Waals surface area contributed by atoms with E-state index in [9.17, 15) is 9.59 Å². The lowest BCUT2D eigenvalue weighted by Crippen LogP contribution is -2.37. The van der Waals surface area contributed by atoms with Crippen LogP contribution in [0.1, 0.15) is 48.2 Å². The normalized spacial score (nSPS) is 14.4. The highest BCUT2D eigenvalue weighted by molar-refractivity contribution is 5.96. The van der Waals surface area contributed by atoms with Crippen LogP contribution in [-0.4, -0.2) is 60.8 Å². The Bertz CT molecular complexity index is 1490. The van der Waals surface area contributed by atoms with E-state index in [1.165, 1.54) is 7.11 Å². The van der Waals surface area contributed by atoms with E-state index in [1.54, 1.807) is 29.2 Å². The Balaban J connectivity index is 1.51. The summed E-state index contributed by atoms with van der Waals surface area (Å²) in [5.41, 5.74) is 4.96. The second-order valence-electron chi connectivity index (χ2n) is 10.4. The van der Waals surface area contributed by atoms with Gasteiger partial charge < -0.3 is 23.8 Å². The van der Waals surface area contributed by atoms with E-state index >= 15 is 0 Å². The van der Waals surface area contributed by atoms with Gasteiger partial charge in [-0.1, -0.05) is 36.6 Å². The predicted molar refractivity (Wildman–Crippen MR) is 160 cm³/mol. The molecule has 218 valence electrons. The van der Waals surface area contributed by atoms with Crippen LogP contribution >= 0.6 is 0 Å². The molecule has 2 aromatic heterocycles. The summed E-state index contributed by atoms with van der Waals surface area (Å²) in [6.07, 6.45) is 8.34. The topological polar surface area (TPSA) is 98.0 Å². The Morgan fingerprint density at radius 3 is 2.38 bits per heavy atom. The van der Waals surface area contributed by atoms with Crippen LogP contribution in [0.4, 0.5) is 5.69 Å². The van der Waals surface area contributed by atoms with Crippen LogP contribution in [0, 0.1) is 0 Å². The fourth-order valence-electron chi connectivity index (χ4n) is 5.26. The minimum absolute atomic E-state index is 0.0152. The van der Waals surface area contributed by atoms with Crippen LogP contribution in [0.5, 0.6) is 5.75 Å². The van der Waals surface area contributed by atoms with E-state index in [4.69, 9.17) is 14.0 Å². The highest BCUT2D eigenvalue weighted by Gasteiger charge is 2.25. The zero-order chi connectivity index (χ0) is 29.3. The number of fused-ring (bicyclic) bond motifs is 1. The second kappa shape index (κ2) is 13.9. The smallest absolute Gasteiger partial charge is 0.292 e. The van der Waals surface area contributed by atoms with Crippen molar-refractivity contribution >= 4 is 17.5 Å². The van der Waals surface area contributed by atoms with Crippen molar-refractivity contribution in [3.05, 3.63) is 84.4 Å². The van der Waals surface area contributed by atoms with Crippen molar-refractivity contribution in [3.63, 3.8) is 0 Å². The quantitative estimate of drug-likeness (QED) is 0.281. The molecule has 0 N–H and O–H groups in total. The van der Waals surface area contributed by atoms with Crippen LogP contribution in [0.25, 0.3) is 22.4 Å². The van der Waals surface area contributed by atoms with Crippen molar-refractivity contribution in [1.82, 2.24) is 15.0 Å². The number of carbonyl (C=O) groups is 2. The molecule has 9 nitrogen and oxygen atoms in total. The van der Waals surface area contributed by atoms with Gasteiger partial charge in [-0.2, -0.15) is 0 Å². The molecule has 0 aliphatic carbocycles. The number of aromatic nitrogens is 2. The standard InChI is InChI=1S/C33H36N4O5/c1-40-23-32(38)37-18-7-5-3-4-6-17-36(22-27-19-25(12-15-30(27)37)26-9-8-16-34-21-26)33(39)31-20-29(35-42-31)24-10-13-28(41-2)14-11-24/h8-16,19-21H,3-7,17-18,22-23H2,1-2H3. The molecule has 0 saturated heterocycles. The molecule has 0 bridgehead atoms. The first-order chi connectivity index (χ1) is 20.6. The van der Waals surface area contributed by atoms with Crippen LogP contribution < -0.4 is 9.64 Å². The number of anilines is 1. The zero-order valence-electron chi connectivity index (χ0n) is 24.1. The van der Waals surface area contributed by atoms with Gasteiger partial charge in [-0.25, -0.2) is 0 Å². The molecule has 5 rings (SSSR count). The van der Waals surface area contributed by atoms with Gasteiger partial charge in [-0.05, 0) is 72.0 Å². The first-order valence-electron chi connectivity index (χ1n) is 14.3. The number of pyridine rings is 1. The van der Waals surface area contributed by atoms with E-state index in [2.05, 4.69) is 16.2 Å². The number of ether oxygens (including phenoxy) is 2. The fraction of sp³-hybridized carbons (Fsp3) is 0.333. The Morgan fingerprint density at radius 2 is 1.64 bits per heavy atom. The Kier molecular flexibility index (Phi) is 9.61. The lowest BCUT2D eigenvalue weighted by atomic mass is 10.0. The summed E-state index contributed by atoms with van der Waals surface area (Å²) in [6, 6.07) is 19.0. The highest BCUT2D eigenvalue weighted by atomic mass is 16.5. The molecule has 9 heteroatoms. The third kappa shape index (κ3) is 6.86. The monoisotopic (exact) mass is 568 g/mol. The number of benzene rings is 2. The lowest BCUT2D eigenvalue weighted by Gasteiger charge is -2.29. The summed E-state index contributed by atoms with van der Waals surface area (Å²) in [6.45, 7) is 1.43. The average Bonchev–Trinajstić information content (AvgIpc) is 3.52. The van der Waals surface area contributed by atoms with Crippen molar-refractivity contribution < 1.29 is 23.6 Å². The van der Waals surface area contributed by atoms with E-state index in [0.29, 0.717) is 25.3 Å². The van der Waals surface area contributed by atoms with Gasteiger partial charge in [0.25, 0.3) is 11.8 Å². The summed E-state index contributed by atoms with van der Waals surface area (Å²) in [5.74, 6) is 0.555. The molecule has 1 aliphatic heterocycles. The van der Waals surface area contributed by atoms with Crippen LogP contribution in [0.3, 0.4) is 0 Å². The van der Waals surface area contributed by atoms with E-state index < -0.39 is 0 Å². The predicted octanol–water partition coefficient (Wildman–Crippen LogP) is 6.00. The minimum Gasteiger partial charge on any atom is -0.497 e. The minimum atomic E-state index is -0.244. The van der Waals surface area contributed by atoms with Gasteiger partial charge in [-0.15, -0.1) is 0 Å². The SMILES string of the molecule is COCC(=O)N1CCCCCCCN(C(=O)c2cc(-c3ccc(OC)cc3)no2)Cc2cc(-c3cccnc3)ccc21. The van der Waals surface area contributed by atoms with E-state index in [-0.39, 0.29) is 24.2 Å². The average molecular weight is 569 g/mol. The summed E-state index contributed by atoms with van der Waals surface area (Å²) >= 11 is 0. The molecule has 0 radical (unpaired) electrons. The number of methoxy groups -OCH3 is 2. The van der Waals surface area contributed by atoms with Crippen molar-refractivity contribution in [1.29, 1.82) is 0 Å². The Morgan fingerprint density at radius 1 is 0.881 bits per heavy atom.